The van der Waals surface area contributed by atoms with Gasteiger partial charge in [-0.3, -0.25) is 4.79 Å². The number of nitrogens with zero attached hydrogens (tertiary/aromatic N) is 1. The Morgan fingerprint density at radius 3 is 2.82 bits per heavy atom. The summed E-state index contributed by atoms with van der Waals surface area (Å²) in [6, 6.07) is 10.3. The van der Waals surface area contributed by atoms with Gasteiger partial charge in [0.2, 0.25) is 5.91 Å². The topological polar surface area (TPSA) is 70.2 Å². The third-order valence-corrected chi connectivity index (χ3v) is 8.21. The fourth-order valence-corrected chi connectivity index (χ4v) is 6.47. The van der Waals surface area contributed by atoms with Gasteiger partial charge >= 0.3 is 0 Å². The summed E-state index contributed by atoms with van der Waals surface area (Å²) >= 11 is 1.68. The van der Waals surface area contributed by atoms with E-state index in [9.17, 15) is 13.2 Å². The molecule has 1 atom stereocenters. The van der Waals surface area contributed by atoms with Crippen molar-refractivity contribution in [1.29, 1.82) is 0 Å². The SMILES string of the molecule is Cc1ccc2[nH]c(-c3cccs3)c(CCC(=O)N(C)[C@@H]3CCS(=O)(=O)C3)c2c1. The second kappa shape index (κ2) is 7.37. The van der Waals surface area contributed by atoms with Crippen LogP contribution in [-0.2, 0) is 21.1 Å². The average Bonchev–Trinajstić information content (AvgIpc) is 3.37. The van der Waals surface area contributed by atoms with Crippen molar-refractivity contribution in [3.05, 3.63) is 46.8 Å². The number of sulfone groups is 1. The van der Waals surface area contributed by atoms with E-state index < -0.39 is 9.84 Å². The molecule has 3 aromatic rings. The molecule has 148 valence electrons. The number of fused-ring (bicyclic) bond motifs is 1. The minimum atomic E-state index is -3.00. The van der Waals surface area contributed by atoms with Crippen molar-refractivity contribution in [2.75, 3.05) is 18.6 Å². The highest BCUT2D eigenvalue weighted by Crippen LogP contribution is 2.34. The van der Waals surface area contributed by atoms with Crippen LogP contribution in [0.5, 0.6) is 0 Å². The van der Waals surface area contributed by atoms with Crippen LogP contribution in [0.15, 0.2) is 35.7 Å². The number of aromatic nitrogens is 1. The van der Waals surface area contributed by atoms with E-state index in [4.69, 9.17) is 0 Å². The number of nitrogens with one attached hydrogen (secondary N) is 1. The van der Waals surface area contributed by atoms with Gasteiger partial charge in [-0.25, -0.2) is 8.42 Å². The van der Waals surface area contributed by atoms with Crippen molar-refractivity contribution in [2.24, 2.45) is 0 Å². The van der Waals surface area contributed by atoms with Gasteiger partial charge in [0.05, 0.1) is 22.1 Å². The van der Waals surface area contributed by atoms with Crippen LogP contribution < -0.4 is 0 Å². The molecule has 1 fully saturated rings. The van der Waals surface area contributed by atoms with Gasteiger partial charge in [-0.2, -0.15) is 0 Å². The first-order valence-corrected chi connectivity index (χ1v) is 12.2. The first-order chi connectivity index (χ1) is 13.3. The molecule has 0 unspecified atom stereocenters. The van der Waals surface area contributed by atoms with Gasteiger partial charge in [-0.15, -0.1) is 11.3 Å². The maximum absolute atomic E-state index is 12.8. The van der Waals surface area contributed by atoms with Crippen molar-refractivity contribution in [2.45, 2.75) is 32.2 Å². The molecular weight excluding hydrogens is 392 g/mol. The van der Waals surface area contributed by atoms with Crippen LogP contribution in [0, 0.1) is 6.92 Å². The van der Waals surface area contributed by atoms with Crippen LogP contribution in [0.3, 0.4) is 0 Å². The standard InChI is InChI=1S/C21H24N2O3S2/c1-14-5-7-18-17(12-14)16(21(22-18)19-4-3-10-27-19)6-8-20(24)23(2)15-9-11-28(25,26)13-15/h3-5,7,10,12,15,22H,6,8-9,11,13H2,1-2H3/t15-/m1/s1. The highest BCUT2D eigenvalue weighted by molar-refractivity contribution is 7.91. The Hall–Kier alpha value is -2.12. The summed E-state index contributed by atoms with van der Waals surface area (Å²) in [7, 11) is -1.27. The Morgan fingerprint density at radius 1 is 1.32 bits per heavy atom. The number of thiophene rings is 1. The summed E-state index contributed by atoms with van der Waals surface area (Å²) in [5.74, 6) is 0.267. The Balaban J connectivity index is 1.58. The Labute approximate surface area is 169 Å². The highest BCUT2D eigenvalue weighted by Gasteiger charge is 2.32. The zero-order valence-electron chi connectivity index (χ0n) is 16.1. The fraction of sp³-hybridized carbons (Fsp3) is 0.381. The number of hydrogen-bond acceptors (Lipinski definition) is 4. The first kappa shape index (κ1) is 19.2. The summed E-state index contributed by atoms with van der Waals surface area (Å²) in [5.41, 5.74) is 4.49. The number of rotatable bonds is 5. The molecule has 0 radical (unpaired) electrons. The maximum atomic E-state index is 12.8. The lowest BCUT2D eigenvalue weighted by atomic mass is 10.0. The Morgan fingerprint density at radius 2 is 2.14 bits per heavy atom. The molecule has 1 saturated heterocycles. The summed E-state index contributed by atoms with van der Waals surface area (Å²) in [4.78, 5) is 19.1. The predicted octanol–water partition coefficient (Wildman–Crippen LogP) is 3.78. The van der Waals surface area contributed by atoms with Crippen molar-refractivity contribution < 1.29 is 13.2 Å². The molecule has 1 aliphatic heterocycles. The molecule has 4 rings (SSSR count). The maximum Gasteiger partial charge on any atom is 0.222 e. The summed E-state index contributed by atoms with van der Waals surface area (Å²) in [6.07, 6.45) is 1.53. The van der Waals surface area contributed by atoms with E-state index in [2.05, 4.69) is 41.6 Å². The van der Waals surface area contributed by atoms with E-state index in [0.717, 1.165) is 27.0 Å². The van der Waals surface area contributed by atoms with Crippen LogP contribution in [-0.4, -0.2) is 48.8 Å². The minimum absolute atomic E-state index is 0.00114. The molecule has 0 bridgehead atoms. The predicted molar refractivity (Wildman–Crippen MR) is 114 cm³/mol. The largest absolute Gasteiger partial charge is 0.354 e. The van der Waals surface area contributed by atoms with Crippen molar-refractivity contribution in [1.82, 2.24) is 9.88 Å². The molecule has 0 aliphatic carbocycles. The number of aromatic amines is 1. The molecule has 5 nitrogen and oxygen atoms in total. The first-order valence-electron chi connectivity index (χ1n) is 9.45. The van der Waals surface area contributed by atoms with E-state index in [1.165, 1.54) is 5.56 Å². The zero-order chi connectivity index (χ0) is 19.9. The third kappa shape index (κ3) is 3.73. The minimum Gasteiger partial charge on any atom is -0.354 e. The van der Waals surface area contributed by atoms with E-state index in [1.54, 1.807) is 23.3 Å². The lowest BCUT2D eigenvalue weighted by molar-refractivity contribution is -0.131. The normalized spacial score (nSPS) is 18.6. The van der Waals surface area contributed by atoms with Crippen LogP contribution in [0.1, 0.15) is 24.0 Å². The van der Waals surface area contributed by atoms with Crippen LogP contribution in [0.4, 0.5) is 0 Å². The Bertz CT molecular complexity index is 1110. The second-order valence-electron chi connectivity index (χ2n) is 7.57. The van der Waals surface area contributed by atoms with Crippen LogP contribution >= 0.6 is 11.3 Å². The lowest BCUT2D eigenvalue weighted by Gasteiger charge is -2.23. The summed E-state index contributed by atoms with van der Waals surface area (Å²) in [5, 5.41) is 3.21. The fourth-order valence-electron chi connectivity index (χ4n) is 3.95. The summed E-state index contributed by atoms with van der Waals surface area (Å²) in [6.45, 7) is 2.07. The number of aryl methyl sites for hydroxylation is 2. The number of H-pyrrole nitrogens is 1. The number of carbonyl (C=O) groups excluding carboxylic acids is 1. The second-order valence-corrected chi connectivity index (χ2v) is 10.7. The number of benzene rings is 1. The molecule has 1 aliphatic rings. The molecule has 2 aromatic heterocycles. The molecule has 28 heavy (non-hydrogen) atoms. The van der Waals surface area contributed by atoms with E-state index in [1.807, 2.05) is 6.07 Å². The molecule has 3 heterocycles. The van der Waals surface area contributed by atoms with Gasteiger partial charge in [0.15, 0.2) is 9.84 Å². The highest BCUT2D eigenvalue weighted by atomic mass is 32.2. The molecular formula is C21H24N2O3S2. The van der Waals surface area contributed by atoms with Crippen LogP contribution in [0.2, 0.25) is 0 Å². The van der Waals surface area contributed by atoms with E-state index >= 15 is 0 Å². The van der Waals surface area contributed by atoms with Crippen molar-refractivity contribution in [3.63, 3.8) is 0 Å². The summed E-state index contributed by atoms with van der Waals surface area (Å²) < 4.78 is 23.5. The van der Waals surface area contributed by atoms with Gasteiger partial charge in [0.25, 0.3) is 0 Å². The molecule has 1 amide bonds. The van der Waals surface area contributed by atoms with Gasteiger partial charge in [0.1, 0.15) is 0 Å². The number of amides is 1. The van der Waals surface area contributed by atoms with Gasteiger partial charge < -0.3 is 9.88 Å². The third-order valence-electron chi connectivity index (χ3n) is 5.57. The molecule has 1 aromatic carbocycles. The van der Waals surface area contributed by atoms with E-state index in [0.29, 0.717) is 19.3 Å². The average molecular weight is 417 g/mol. The number of carbonyl (C=O) groups is 1. The smallest absolute Gasteiger partial charge is 0.222 e. The quantitative estimate of drug-likeness (QED) is 0.688. The molecule has 1 N–H and O–H groups in total. The van der Waals surface area contributed by atoms with E-state index in [-0.39, 0.29) is 23.5 Å². The van der Waals surface area contributed by atoms with Crippen molar-refractivity contribution >= 4 is 38.0 Å². The lowest BCUT2D eigenvalue weighted by Crippen LogP contribution is -2.37. The monoisotopic (exact) mass is 416 g/mol. The molecule has 7 heteroatoms. The molecule has 0 saturated carbocycles. The van der Waals surface area contributed by atoms with Crippen LogP contribution in [0.25, 0.3) is 21.5 Å². The molecule has 0 spiro atoms. The zero-order valence-corrected chi connectivity index (χ0v) is 17.7. The van der Waals surface area contributed by atoms with Gasteiger partial charge in [0, 0.05) is 30.4 Å². The van der Waals surface area contributed by atoms with Crippen molar-refractivity contribution in [3.8, 4) is 10.6 Å². The number of hydrogen-bond donors (Lipinski definition) is 1. The van der Waals surface area contributed by atoms with Gasteiger partial charge in [-0.1, -0.05) is 17.7 Å². The van der Waals surface area contributed by atoms with Gasteiger partial charge in [-0.05, 0) is 48.9 Å². The Kier molecular flexibility index (Phi) is 5.05.